The van der Waals surface area contributed by atoms with Gasteiger partial charge in [-0.15, -0.1) is 0 Å². The van der Waals surface area contributed by atoms with Gasteiger partial charge in [-0.2, -0.15) is 4.98 Å². The van der Waals surface area contributed by atoms with Crippen LogP contribution in [-0.2, 0) is 0 Å². The molecule has 0 amide bonds. The van der Waals surface area contributed by atoms with Gasteiger partial charge in [0.1, 0.15) is 5.69 Å². The minimum atomic E-state index is -0.504. The van der Waals surface area contributed by atoms with Gasteiger partial charge in [0.05, 0.1) is 11.5 Å². The topological polar surface area (TPSA) is 90.2 Å². The minimum absolute atomic E-state index is 0.0401. The molecular formula is C12H20N4O3. The zero-order chi connectivity index (χ0) is 14.3. The van der Waals surface area contributed by atoms with Gasteiger partial charge >= 0.3 is 5.69 Å². The molecule has 0 saturated carbocycles. The number of nitro groups is 1. The number of hydrogen-bond donors (Lipinski definition) is 1. The maximum atomic E-state index is 11.0. The summed E-state index contributed by atoms with van der Waals surface area (Å²) in [7, 11) is 1.66. The lowest BCUT2D eigenvalue weighted by Crippen LogP contribution is -2.08. The standard InChI is InChI=1S/C12H20N4O3/c1-4-5-6-7-8-19-11-10(16(17)18)9(2)14-12(13-3)15-11/h4-8H2,1-3H3,(H,13,14,15). The monoisotopic (exact) mass is 268 g/mol. The van der Waals surface area contributed by atoms with E-state index >= 15 is 0 Å². The summed E-state index contributed by atoms with van der Waals surface area (Å²) in [6.45, 7) is 4.13. The van der Waals surface area contributed by atoms with Gasteiger partial charge in [-0.05, 0) is 13.3 Å². The Morgan fingerprint density at radius 1 is 1.32 bits per heavy atom. The molecule has 0 atom stereocenters. The summed E-state index contributed by atoms with van der Waals surface area (Å²) in [5, 5.41) is 13.8. The van der Waals surface area contributed by atoms with Crippen molar-refractivity contribution in [3.8, 4) is 5.88 Å². The largest absolute Gasteiger partial charge is 0.473 e. The van der Waals surface area contributed by atoms with Crippen LogP contribution in [0.15, 0.2) is 0 Å². The average molecular weight is 268 g/mol. The summed E-state index contributed by atoms with van der Waals surface area (Å²) in [5.74, 6) is 0.366. The number of hydrogen-bond acceptors (Lipinski definition) is 6. The maximum absolute atomic E-state index is 11.0. The summed E-state index contributed by atoms with van der Waals surface area (Å²) in [5.41, 5.74) is 0.141. The molecule has 7 heteroatoms. The van der Waals surface area contributed by atoms with Gasteiger partial charge in [-0.1, -0.05) is 26.2 Å². The van der Waals surface area contributed by atoms with E-state index in [0.717, 1.165) is 25.7 Å². The molecule has 1 heterocycles. The van der Waals surface area contributed by atoms with Gasteiger partial charge in [-0.25, -0.2) is 4.98 Å². The highest BCUT2D eigenvalue weighted by Crippen LogP contribution is 2.28. The van der Waals surface area contributed by atoms with Crippen molar-refractivity contribution >= 4 is 11.6 Å². The highest BCUT2D eigenvalue weighted by Gasteiger charge is 2.23. The van der Waals surface area contributed by atoms with Crippen molar-refractivity contribution < 1.29 is 9.66 Å². The van der Waals surface area contributed by atoms with E-state index in [4.69, 9.17) is 4.74 Å². The molecule has 19 heavy (non-hydrogen) atoms. The van der Waals surface area contributed by atoms with E-state index in [-0.39, 0.29) is 11.6 Å². The Kier molecular flexibility index (Phi) is 5.98. The number of aryl methyl sites for hydroxylation is 1. The van der Waals surface area contributed by atoms with Gasteiger partial charge in [0.25, 0.3) is 5.88 Å². The van der Waals surface area contributed by atoms with E-state index < -0.39 is 4.92 Å². The molecule has 7 nitrogen and oxygen atoms in total. The smallest absolute Gasteiger partial charge is 0.352 e. The summed E-state index contributed by atoms with van der Waals surface area (Å²) < 4.78 is 5.44. The van der Waals surface area contributed by atoms with Crippen LogP contribution >= 0.6 is 0 Å². The number of ether oxygens (including phenoxy) is 1. The van der Waals surface area contributed by atoms with Gasteiger partial charge in [0.15, 0.2) is 0 Å². The molecule has 1 rings (SSSR count). The van der Waals surface area contributed by atoms with Crippen LogP contribution < -0.4 is 10.1 Å². The van der Waals surface area contributed by atoms with Crippen LogP contribution in [0, 0.1) is 17.0 Å². The zero-order valence-corrected chi connectivity index (χ0v) is 11.6. The predicted octanol–water partition coefficient (Wildman–Crippen LogP) is 2.69. The quantitative estimate of drug-likeness (QED) is 0.443. The number of anilines is 1. The highest BCUT2D eigenvalue weighted by atomic mass is 16.6. The molecule has 1 aromatic heterocycles. The third kappa shape index (κ3) is 4.35. The van der Waals surface area contributed by atoms with Crippen LogP contribution in [0.2, 0.25) is 0 Å². The Hall–Kier alpha value is -1.92. The molecule has 1 N–H and O–H groups in total. The molecule has 0 aliphatic heterocycles. The van der Waals surface area contributed by atoms with Crippen LogP contribution in [0.1, 0.15) is 38.3 Å². The number of nitrogens with zero attached hydrogens (tertiary/aromatic N) is 3. The van der Waals surface area contributed by atoms with E-state index in [0.29, 0.717) is 18.2 Å². The van der Waals surface area contributed by atoms with Crippen LogP contribution in [0.5, 0.6) is 5.88 Å². The van der Waals surface area contributed by atoms with Crippen LogP contribution in [0.4, 0.5) is 11.6 Å². The first-order valence-corrected chi connectivity index (χ1v) is 6.43. The molecule has 0 fully saturated rings. The van der Waals surface area contributed by atoms with Crippen LogP contribution in [-0.4, -0.2) is 28.5 Å². The molecule has 0 aliphatic carbocycles. The fourth-order valence-corrected chi connectivity index (χ4v) is 1.66. The number of rotatable bonds is 8. The average Bonchev–Trinajstić information content (AvgIpc) is 2.37. The Balaban J connectivity index is 2.78. The van der Waals surface area contributed by atoms with E-state index in [9.17, 15) is 10.1 Å². The second-order valence-corrected chi connectivity index (χ2v) is 4.20. The van der Waals surface area contributed by atoms with Crippen molar-refractivity contribution in [3.63, 3.8) is 0 Å². The number of nitrogens with one attached hydrogen (secondary N) is 1. The molecule has 0 bridgehead atoms. The molecule has 0 aromatic carbocycles. The molecule has 0 saturated heterocycles. The lowest BCUT2D eigenvalue weighted by Gasteiger charge is -2.08. The molecule has 106 valence electrons. The third-order valence-corrected chi connectivity index (χ3v) is 2.67. The van der Waals surface area contributed by atoms with E-state index in [1.807, 2.05) is 0 Å². The summed E-state index contributed by atoms with van der Waals surface area (Å²) in [6.07, 6.45) is 4.18. The molecule has 1 aromatic rings. The Bertz CT molecular complexity index is 437. The van der Waals surface area contributed by atoms with Gasteiger partial charge in [-0.3, -0.25) is 10.1 Å². The van der Waals surface area contributed by atoms with Crippen molar-refractivity contribution in [2.45, 2.75) is 39.5 Å². The predicted molar refractivity (Wildman–Crippen MR) is 72.6 cm³/mol. The van der Waals surface area contributed by atoms with E-state index in [1.54, 1.807) is 14.0 Å². The van der Waals surface area contributed by atoms with Crippen LogP contribution in [0.3, 0.4) is 0 Å². The summed E-state index contributed by atoms with van der Waals surface area (Å²) >= 11 is 0. The second-order valence-electron chi connectivity index (χ2n) is 4.20. The Labute approximate surface area is 112 Å². The SMILES string of the molecule is CCCCCCOc1nc(NC)nc(C)c1[N+](=O)[O-]. The van der Waals surface area contributed by atoms with Crippen LogP contribution in [0.25, 0.3) is 0 Å². The van der Waals surface area contributed by atoms with Crippen molar-refractivity contribution in [2.24, 2.45) is 0 Å². The lowest BCUT2D eigenvalue weighted by atomic mass is 10.2. The number of unbranched alkanes of at least 4 members (excludes halogenated alkanes) is 3. The van der Waals surface area contributed by atoms with Gasteiger partial charge < -0.3 is 10.1 Å². The van der Waals surface area contributed by atoms with Crippen molar-refractivity contribution in [2.75, 3.05) is 19.0 Å². The zero-order valence-electron chi connectivity index (χ0n) is 11.6. The minimum Gasteiger partial charge on any atom is -0.473 e. The van der Waals surface area contributed by atoms with Gasteiger partial charge in [0.2, 0.25) is 5.95 Å². The lowest BCUT2D eigenvalue weighted by molar-refractivity contribution is -0.387. The molecule has 0 unspecified atom stereocenters. The Morgan fingerprint density at radius 2 is 2.05 bits per heavy atom. The van der Waals surface area contributed by atoms with E-state index in [1.165, 1.54) is 0 Å². The first kappa shape index (κ1) is 15.1. The number of aromatic nitrogens is 2. The van der Waals surface area contributed by atoms with Crippen molar-refractivity contribution in [1.82, 2.24) is 9.97 Å². The molecule has 0 radical (unpaired) electrons. The summed E-state index contributed by atoms with van der Waals surface area (Å²) in [6, 6.07) is 0. The third-order valence-electron chi connectivity index (χ3n) is 2.67. The first-order valence-electron chi connectivity index (χ1n) is 6.43. The maximum Gasteiger partial charge on any atom is 0.352 e. The van der Waals surface area contributed by atoms with Gasteiger partial charge in [0, 0.05) is 7.05 Å². The molecule has 0 aliphatic rings. The normalized spacial score (nSPS) is 10.3. The molecule has 0 spiro atoms. The summed E-state index contributed by atoms with van der Waals surface area (Å²) in [4.78, 5) is 18.5. The van der Waals surface area contributed by atoms with Crippen molar-refractivity contribution in [1.29, 1.82) is 0 Å². The first-order chi connectivity index (χ1) is 9.10. The second kappa shape index (κ2) is 7.50. The van der Waals surface area contributed by atoms with E-state index in [2.05, 4.69) is 22.2 Å². The fraction of sp³-hybridized carbons (Fsp3) is 0.667. The molecular weight excluding hydrogens is 248 g/mol. The Morgan fingerprint density at radius 3 is 2.63 bits per heavy atom. The fourth-order valence-electron chi connectivity index (χ4n) is 1.66. The van der Waals surface area contributed by atoms with Crippen molar-refractivity contribution in [3.05, 3.63) is 15.8 Å². The highest BCUT2D eigenvalue weighted by molar-refractivity contribution is 5.48.